The van der Waals surface area contributed by atoms with Gasteiger partial charge in [0.1, 0.15) is 5.82 Å². The maximum Gasteiger partial charge on any atom is 0.419 e. The number of alkyl halides is 3. The molecular weight excluding hydrogens is 465 g/mol. The van der Waals surface area contributed by atoms with Crippen molar-refractivity contribution in [3.63, 3.8) is 0 Å². The number of amides is 1. The second kappa shape index (κ2) is 11.0. The monoisotopic (exact) mass is 490 g/mol. The van der Waals surface area contributed by atoms with Gasteiger partial charge < -0.3 is 15.7 Å². The third-order valence-electron chi connectivity index (χ3n) is 5.00. The predicted molar refractivity (Wildman–Crippen MR) is 121 cm³/mol. The zero-order chi connectivity index (χ0) is 25.6. The average Bonchev–Trinajstić information content (AvgIpc) is 3.30. The number of carbonyl (C=O) groups is 2. The van der Waals surface area contributed by atoms with Crippen molar-refractivity contribution in [1.29, 1.82) is 0 Å². The number of anilines is 1. The summed E-state index contributed by atoms with van der Waals surface area (Å²) in [6, 6.07) is 6.39. The van der Waals surface area contributed by atoms with Crippen LogP contribution in [0.25, 0.3) is 5.82 Å². The number of carbonyl (C=O) groups excluding carboxylic acids is 1. The molecule has 0 aliphatic rings. The Morgan fingerprint density at radius 1 is 1.09 bits per heavy atom. The van der Waals surface area contributed by atoms with Crippen LogP contribution in [0.5, 0.6) is 0 Å². The molecule has 3 N–H and O–H groups in total. The van der Waals surface area contributed by atoms with E-state index in [1.54, 1.807) is 30.5 Å². The van der Waals surface area contributed by atoms with Crippen molar-refractivity contribution in [3.05, 3.63) is 65.7 Å². The molecule has 3 aromatic rings. The number of nitrogens with one attached hydrogen (secondary N) is 2. The van der Waals surface area contributed by atoms with E-state index in [1.807, 2.05) is 0 Å². The molecule has 3 heterocycles. The van der Waals surface area contributed by atoms with Gasteiger partial charge >= 0.3 is 12.1 Å². The summed E-state index contributed by atoms with van der Waals surface area (Å²) in [6.07, 6.45) is 0.672. The summed E-state index contributed by atoms with van der Waals surface area (Å²) in [5.41, 5.74) is 0.251. The Labute approximate surface area is 199 Å². The normalized spacial score (nSPS) is 12.4. The minimum Gasteiger partial charge on any atom is -0.481 e. The fourth-order valence-electron chi connectivity index (χ4n) is 3.26. The van der Waals surface area contributed by atoms with Crippen LogP contribution in [0.2, 0.25) is 0 Å². The van der Waals surface area contributed by atoms with Gasteiger partial charge in [-0.05, 0) is 36.1 Å². The number of rotatable bonds is 10. The van der Waals surface area contributed by atoms with E-state index in [0.717, 1.165) is 29.1 Å². The first-order valence-electron chi connectivity index (χ1n) is 10.8. The molecule has 0 fully saturated rings. The number of halogens is 3. The third-order valence-corrected chi connectivity index (χ3v) is 5.00. The number of carboxylic acids is 1. The Balaban J connectivity index is 1.70. The first-order valence-corrected chi connectivity index (χ1v) is 10.8. The Hall–Kier alpha value is -3.96. The molecule has 9 nitrogen and oxygen atoms in total. The van der Waals surface area contributed by atoms with Crippen molar-refractivity contribution in [2.24, 2.45) is 5.92 Å². The fraction of sp³-hybridized carbons (Fsp3) is 0.348. The Bertz CT molecular complexity index is 1140. The molecule has 0 saturated heterocycles. The van der Waals surface area contributed by atoms with Crippen molar-refractivity contribution in [2.75, 3.05) is 11.9 Å². The smallest absolute Gasteiger partial charge is 0.419 e. The average molecular weight is 490 g/mol. The van der Waals surface area contributed by atoms with Gasteiger partial charge in [-0.15, -0.1) is 0 Å². The molecule has 1 atom stereocenters. The van der Waals surface area contributed by atoms with Gasteiger partial charge in [-0.2, -0.15) is 18.3 Å². The number of nitrogens with zero attached hydrogens (tertiary/aromatic N) is 4. The molecule has 3 rings (SSSR count). The van der Waals surface area contributed by atoms with Crippen LogP contribution >= 0.6 is 0 Å². The molecule has 186 valence electrons. The van der Waals surface area contributed by atoms with Crippen molar-refractivity contribution < 1.29 is 27.9 Å². The van der Waals surface area contributed by atoms with Gasteiger partial charge in [0, 0.05) is 25.1 Å². The van der Waals surface area contributed by atoms with Gasteiger partial charge in [0.2, 0.25) is 0 Å². The lowest BCUT2D eigenvalue weighted by Crippen LogP contribution is -2.26. The van der Waals surface area contributed by atoms with Crippen LogP contribution < -0.4 is 10.6 Å². The van der Waals surface area contributed by atoms with Crippen molar-refractivity contribution in [3.8, 4) is 5.82 Å². The molecule has 0 aliphatic carbocycles. The lowest BCUT2D eigenvalue weighted by molar-refractivity contribution is -0.138. The molecule has 1 amide bonds. The standard InChI is InChI=1S/C23H25F3N6O3/c1-14(2)9-18(31-19-5-3-16(11-28-19)22(35)27-8-7-21(33)34)15-4-6-20(29-10-15)32-13-17(12-30-32)23(24,25)26/h3-6,10-14,18H,7-9H2,1-2H3,(H,27,35)(H,28,31)(H,33,34)/t18-/m0/s1. The van der Waals surface area contributed by atoms with E-state index in [0.29, 0.717) is 17.3 Å². The van der Waals surface area contributed by atoms with Crippen LogP contribution in [-0.2, 0) is 11.0 Å². The fourth-order valence-corrected chi connectivity index (χ4v) is 3.26. The number of aliphatic carboxylic acids is 1. The molecule has 0 spiro atoms. The highest BCUT2D eigenvalue weighted by Crippen LogP contribution is 2.29. The number of hydrogen-bond acceptors (Lipinski definition) is 6. The predicted octanol–water partition coefficient (Wildman–Crippen LogP) is 4.08. The van der Waals surface area contributed by atoms with E-state index in [4.69, 9.17) is 5.11 Å². The first-order chi connectivity index (χ1) is 16.5. The third kappa shape index (κ3) is 7.26. The van der Waals surface area contributed by atoms with Crippen LogP contribution in [-0.4, -0.2) is 43.3 Å². The molecular formula is C23H25F3N6O3. The number of pyridine rings is 2. The highest BCUT2D eigenvalue weighted by molar-refractivity contribution is 5.94. The minimum absolute atomic E-state index is 0.0175. The summed E-state index contributed by atoms with van der Waals surface area (Å²) in [4.78, 5) is 31.2. The number of hydrogen-bond donors (Lipinski definition) is 3. The molecule has 35 heavy (non-hydrogen) atoms. The molecule has 0 aliphatic heterocycles. The zero-order valence-electron chi connectivity index (χ0n) is 19.1. The van der Waals surface area contributed by atoms with Crippen LogP contribution in [0.15, 0.2) is 49.1 Å². The van der Waals surface area contributed by atoms with E-state index in [9.17, 15) is 22.8 Å². The SMILES string of the molecule is CC(C)C[C@H](Nc1ccc(C(=O)NCCC(=O)O)cn1)c1ccc(-n2cc(C(F)(F)F)cn2)nc1. The van der Waals surface area contributed by atoms with Gasteiger partial charge in [0.05, 0.1) is 29.8 Å². The summed E-state index contributed by atoms with van der Waals surface area (Å²) < 4.78 is 39.6. The second-order valence-corrected chi connectivity index (χ2v) is 8.28. The topological polar surface area (TPSA) is 122 Å². The van der Waals surface area contributed by atoms with Crippen LogP contribution in [0.1, 0.15) is 54.2 Å². The van der Waals surface area contributed by atoms with E-state index in [-0.39, 0.29) is 24.8 Å². The molecule has 0 bridgehead atoms. The lowest BCUT2D eigenvalue weighted by Gasteiger charge is -2.21. The van der Waals surface area contributed by atoms with Gasteiger partial charge in [0.15, 0.2) is 5.82 Å². The summed E-state index contributed by atoms with van der Waals surface area (Å²) in [7, 11) is 0. The van der Waals surface area contributed by atoms with Crippen molar-refractivity contribution in [2.45, 2.75) is 38.9 Å². The van der Waals surface area contributed by atoms with Gasteiger partial charge in [0.25, 0.3) is 5.91 Å². The number of aromatic nitrogens is 4. The molecule has 0 radical (unpaired) electrons. The molecule has 0 unspecified atom stereocenters. The zero-order valence-corrected chi connectivity index (χ0v) is 19.1. The van der Waals surface area contributed by atoms with E-state index >= 15 is 0 Å². The molecule has 0 saturated carbocycles. The summed E-state index contributed by atoms with van der Waals surface area (Å²) in [6.45, 7) is 4.12. The summed E-state index contributed by atoms with van der Waals surface area (Å²) in [5.74, 6) is -0.340. The number of carboxylic acid groups (broad SMARTS) is 1. The largest absolute Gasteiger partial charge is 0.481 e. The van der Waals surface area contributed by atoms with Crippen LogP contribution in [0, 0.1) is 5.92 Å². The minimum atomic E-state index is -4.48. The van der Waals surface area contributed by atoms with E-state index < -0.39 is 23.6 Å². The van der Waals surface area contributed by atoms with Gasteiger partial charge in [-0.25, -0.2) is 14.6 Å². The first kappa shape index (κ1) is 25.7. The van der Waals surface area contributed by atoms with Crippen LogP contribution in [0.4, 0.5) is 19.0 Å². The van der Waals surface area contributed by atoms with Crippen molar-refractivity contribution in [1.82, 2.24) is 25.1 Å². The van der Waals surface area contributed by atoms with E-state index in [1.165, 1.54) is 6.20 Å². The molecule has 3 aromatic heterocycles. The quantitative estimate of drug-likeness (QED) is 0.391. The Morgan fingerprint density at radius 3 is 2.40 bits per heavy atom. The lowest BCUT2D eigenvalue weighted by atomic mass is 9.98. The maximum absolute atomic E-state index is 12.8. The van der Waals surface area contributed by atoms with Crippen molar-refractivity contribution >= 4 is 17.7 Å². The summed E-state index contributed by atoms with van der Waals surface area (Å²) in [5, 5.41) is 18.2. The van der Waals surface area contributed by atoms with Crippen LogP contribution in [0.3, 0.4) is 0 Å². The second-order valence-electron chi connectivity index (χ2n) is 8.28. The Morgan fingerprint density at radius 2 is 1.86 bits per heavy atom. The molecule has 0 aromatic carbocycles. The highest BCUT2D eigenvalue weighted by Gasteiger charge is 2.32. The van der Waals surface area contributed by atoms with E-state index in [2.05, 4.69) is 39.5 Å². The van der Waals surface area contributed by atoms with Gasteiger partial charge in [-0.1, -0.05) is 19.9 Å². The summed E-state index contributed by atoms with van der Waals surface area (Å²) >= 11 is 0. The maximum atomic E-state index is 12.8. The highest BCUT2D eigenvalue weighted by atomic mass is 19.4. The van der Waals surface area contributed by atoms with Gasteiger partial charge in [-0.3, -0.25) is 9.59 Å². The molecule has 12 heteroatoms. The Kier molecular flexibility index (Phi) is 8.05.